The van der Waals surface area contributed by atoms with E-state index in [0.29, 0.717) is 12.2 Å². The summed E-state index contributed by atoms with van der Waals surface area (Å²) >= 11 is 0. The molecule has 7 nitrogen and oxygen atoms in total. The molecule has 2 heterocycles. The number of hydrogen-bond acceptors (Lipinski definition) is 4. The van der Waals surface area contributed by atoms with Crippen LogP contribution < -0.4 is 5.73 Å². The summed E-state index contributed by atoms with van der Waals surface area (Å²) in [7, 11) is 0. The number of aromatic nitrogens is 5. The zero-order valence-electron chi connectivity index (χ0n) is 16.6. The smallest absolute Gasteiger partial charge is 0.225 e. The Hall–Kier alpha value is -4.26. The first-order valence-electron chi connectivity index (χ1n) is 9.96. The lowest BCUT2D eigenvalue weighted by atomic mass is 9.90. The zero-order chi connectivity index (χ0) is 21.2. The molecule has 5 rings (SSSR count). The summed E-state index contributed by atoms with van der Waals surface area (Å²) in [5.74, 6) is -0.0149. The number of nitrogens with two attached hydrogens (primary N) is 1. The molecule has 1 atom stereocenters. The molecule has 0 radical (unpaired) electrons. The quantitative estimate of drug-likeness (QED) is 0.396. The fraction of sp³-hybridized carbons (Fsp3) is 0.0833. The van der Waals surface area contributed by atoms with E-state index in [1.54, 1.807) is 0 Å². The van der Waals surface area contributed by atoms with Crippen LogP contribution in [0.15, 0.2) is 79.1 Å². The Morgan fingerprint density at radius 3 is 2.58 bits per heavy atom. The topological polar surface area (TPSA) is 113 Å². The molecule has 152 valence electrons. The van der Waals surface area contributed by atoms with Crippen LogP contribution in [-0.2, 0) is 11.2 Å². The summed E-state index contributed by atoms with van der Waals surface area (Å²) < 4.78 is 0. The highest BCUT2D eigenvalue weighted by Gasteiger charge is 2.19. The minimum atomic E-state index is -0.384. The largest absolute Gasteiger partial charge is 0.369 e. The van der Waals surface area contributed by atoms with E-state index in [-0.39, 0.29) is 11.8 Å². The van der Waals surface area contributed by atoms with Crippen LogP contribution in [0.3, 0.4) is 0 Å². The SMILES string of the molecule is NC(=O)[C@@H](Cc1cccc(-c2n[nH]c3ccc(-c4ncn[nH]4)cc23)c1)c1ccccc1. The minimum Gasteiger partial charge on any atom is -0.369 e. The lowest BCUT2D eigenvalue weighted by Gasteiger charge is -2.14. The van der Waals surface area contributed by atoms with E-state index < -0.39 is 0 Å². The number of nitrogens with zero attached hydrogens (tertiary/aromatic N) is 3. The molecule has 0 saturated heterocycles. The normalized spacial score (nSPS) is 12.1. The van der Waals surface area contributed by atoms with Gasteiger partial charge in [0.2, 0.25) is 5.91 Å². The molecule has 0 aliphatic heterocycles. The van der Waals surface area contributed by atoms with Crippen molar-refractivity contribution in [2.24, 2.45) is 5.73 Å². The maximum absolute atomic E-state index is 12.1. The van der Waals surface area contributed by atoms with Crippen LogP contribution >= 0.6 is 0 Å². The van der Waals surface area contributed by atoms with Crippen LogP contribution in [0.5, 0.6) is 0 Å². The maximum Gasteiger partial charge on any atom is 0.225 e. The summed E-state index contributed by atoms with van der Waals surface area (Å²) in [4.78, 5) is 16.4. The van der Waals surface area contributed by atoms with Gasteiger partial charge in [0, 0.05) is 16.5 Å². The lowest BCUT2D eigenvalue weighted by Crippen LogP contribution is -2.23. The van der Waals surface area contributed by atoms with Gasteiger partial charge in [0.05, 0.1) is 17.1 Å². The summed E-state index contributed by atoms with van der Waals surface area (Å²) in [6.45, 7) is 0. The molecule has 0 unspecified atom stereocenters. The molecule has 5 aromatic rings. The van der Waals surface area contributed by atoms with Gasteiger partial charge in [-0.3, -0.25) is 15.0 Å². The van der Waals surface area contributed by atoms with Crippen LogP contribution in [0.2, 0.25) is 0 Å². The number of carbonyl (C=O) groups excluding carboxylic acids is 1. The van der Waals surface area contributed by atoms with E-state index in [1.165, 1.54) is 6.33 Å². The van der Waals surface area contributed by atoms with E-state index in [1.807, 2.05) is 66.7 Å². The number of primary amides is 1. The first kappa shape index (κ1) is 18.7. The maximum atomic E-state index is 12.1. The molecule has 0 bridgehead atoms. The van der Waals surface area contributed by atoms with Gasteiger partial charge in [0.15, 0.2) is 5.82 Å². The van der Waals surface area contributed by atoms with Gasteiger partial charge in [0.1, 0.15) is 6.33 Å². The van der Waals surface area contributed by atoms with Crippen molar-refractivity contribution in [3.05, 3.63) is 90.3 Å². The molecular formula is C24H20N6O. The molecule has 4 N–H and O–H groups in total. The van der Waals surface area contributed by atoms with E-state index in [9.17, 15) is 4.79 Å². The molecule has 0 aliphatic carbocycles. The van der Waals surface area contributed by atoms with E-state index in [0.717, 1.165) is 38.9 Å². The molecular weight excluding hydrogens is 388 g/mol. The molecule has 1 amide bonds. The van der Waals surface area contributed by atoms with E-state index in [4.69, 9.17) is 5.73 Å². The third kappa shape index (κ3) is 3.69. The molecule has 0 spiro atoms. The monoisotopic (exact) mass is 408 g/mol. The van der Waals surface area contributed by atoms with Crippen LogP contribution in [-0.4, -0.2) is 31.3 Å². The fourth-order valence-corrected chi connectivity index (χ4v) is 3.88. The number of benzene rings is 3. The summed E-state index contributed by atoms with van der Waals surface area (Å²) in [6.07, 6.45) is 2.01. The van der Waals surface area contributed by atoms with Gasteiger partial charge in [-0.2, -0.15) is 10.2 Å². The van der Waals surface area contributed by atoms with E-state index >= 15 is 0 Å². The van der Waals surface area contributed by atoms with Gasteiger partial charge in [-0.1, -0.05) is 48.5 Å². The highest BCUT2D eigenvalue weighted by molar-refractivity contribution is 5.95. The van der Waals surface area contributed by atoms with Gasteiger partial charge >= 0.3 is 0 Å². The Kier molecular flexibility index (Phi) is 4.76. The predicted octanol–water partition coefficient (Wildman–Crippen LogP) is 3.83. The molecule has 31 heavy (non-hydrogen) atoms. The van der Waals surface area contributed by atoms with E-state index in [2.05, 4.69) is 31.4 Å². The molecule has 3 aromatic carbocycles. The van der Waals surface area contributed by atoms with Crippen molar-refractivity contribution in [2.45, 2.75) is 12.3 Å². The number of H-pyrrole nitrogens is 2. The summed E-state index contributed by atoms with van der Waals surface area (Å²) in [6, 6.07) is 23.7. The molecule has 0 aliphatic rings. The summed E-state index contributed by atoms with van der Waals surface area (Å²) in [5, 5.41) is 15.4. The van der Waals surface area contributed by atoms with Crippen molar-refractivity contribution >= 4 is 16.8 Å². The van der Waals surface area contributed by atoms with Crippen molar-refractivity contribution in [1.29, 1.82) is 0 Å². The summed E-state index contributed by atoms with van der Waals surface area (Å²) in [5.41, 5.74) is 11.3. The zero-order valence-corrected chi connectivity index (χ0v) is 16.6. The highest BCUT2D eigenvalue weighted by Crippen LogP contribution is 2.31. The number of aromatic amines is 2. The number of amides is 1. The Morgan fingerprint density at radius 1 is 0.935 bits per heavy atom. The average Bonchev–Trinajstić information content (AvgIpc) is 3.48. The third-order valence-corrected chi connectivity index (χ3v) is 5.44. The highest BCUT2D eigenvalue weighted by atomic mass is 16.1. The van der Waals surface area contributed by atoms with Crippen molar-refractivity contribution in [3.8, 4) is 22.6 Å². The number of carbonyl (C=O) groups is 1. The lowest BCUT2D eigenvalue weighted by molar-refractivity contribution is -0.119. The van der Waals surface area contributed by atoms with Gasteiger partial charge in [-0.25, -0.2) is 4.98 Å². The fourth-order valence-electron chi connectivity index (χ4n) is 3.88. The molecule has 7 heteroatoms. The van der Waals surface area contributed by atoms with Gasteiger partial charge in [-0.15, -0.1) is 0 Å². The number of nitrogens with one attached hydrogen (secondary N) is 2. The van der Waals surface area contributed by atoms with Crippen LogP contribution in [0.25, 0.3) is 33.5 Å². The second-order valence-electron chi connectivity index (χ2n) is 7.44. The Balaban J connectivity index is 1.51. The van der Waals surface area contributed by atoms with Crippen LogP contribution in [0.4, 0.5) is 0 Å². The second-order valence-corrected chi connectivity index (χ2v) is 7.44. The average molecular weight is 408 g/mol. The number of fused-ring (bicyclic) bond motifs is 1. The minimum absolute atomic E-state index is 0.335. The first-order chi connectivity index (χ1) is 15.2. The Morgan fingerprint density at radius 2 is 1.81 bits per heavy atom. The first-order valence-corrected chi connectivity index (χ1v) is 9.96. The van der Waals surface area contributed by atoms with Crippen molar-refractivity contribution in [3.63, 3.8) is 0 Å². The van der Waals surface area contributed by atoms with Crippen molar-refractivity contribution < 1.29 is 4.79 Å². The Bertz CT molecular complexity index is 1340. The van der Waals surface area contributed by atoms with Gasteiger partial charge in [-0.05, 0) is 41.8 Å². The second kappa shape index (κ2) is 7.87. The van der Waals surface area contributed by atoms with Gasteiger partial charge in [0.25, 0.3) is 0 Å². The molecule has 0 saturated carbocycles. The predicted molar refractivity (Wildman–Crippen MR) is 119 cm³/mol. The number of hydrogen-bond donors (Lipinski definition) is 3. The number of rotatable bonds is 6. The van der Waals surface area contributed by atoms with Crippen LogP contribution in [0.1, 0.15) is 17.0 Å². The Labute approximate surface area is 178 Å². The van der Waals surface area contributed by atoms with Crippen molar-refractivity contribution in [2.75, 3.05) is 0 Å². The third-order valence-electron chi connectivity index (χ3n) is 5.44. The van der Waals surface area contributed by atoms with Crippen molar-refractivity contribution in [1.82, 2.24) is 25.4 Å². The van der Waals surface area contributed by atoms with Crippen LogP contribution in [0, 0.1) is 0 Å². The standard InChI is InChI=1S/C24H20N6O/c25-23(31)19(16-6-2-1-3-7-16)12-15-5-4-8-17(11-15)22-20-13-18(24-26-14-27-30-24)9-10-21(20)28-29-22/h1-11,13-14,19H,12H2,(H2,25,31)(H,28,29)(H,26,27,30)/t19-/m0/s1. The molecule has 0 fully saturated rings. The molecule has 2 aromatic heterocycles. The van der Waals surface area contributed by atoms with Gasteiger partial charge < -0.3 is 5.73 Å².